The number of thioether (sulfide) groups is 1. The van der Waals surface area contributed by atoms with Crippen LogP contribution in [-0.4, -0.2) is 16.2 Å². The summed E-state index contributed by atoms with van der Waals surface area (Å²) in [5.41, 5.74) is 4.62. The number of nitrogens with one attached hydrogen (secondary N) is 1. The zero-order chi connectivity index (χ0) is 16.8. The zero-order valence-corrected chi connectivity index (χ0v) is 14.6. The number of rotatable bonds is 2. The summed E-state index contributed by atoms with van der Waals surface area (Å²) in [7, 11) is 0. The molecule has 2 nitrogen and oxygen atoms in total. The van der Waals surface area contributed by atoms with Crippen molar-refractivity contribution >= 4 is 44.5 Å². The Kier molecular flexibility index (Phi) is 3.28. The van der Waals surface area contributed by atoms with E-state index in [1.807, 2.05) is 12.3 Å². The average Bonchev–Trinajstić information content (AvgIpc) is 3.06. The van der Waals surface area contributed by atoms with Crippen molar-refractivity contribution in [1.82, 2.24) is 9.97 Å². The first-order chi connectivity index (χ1) is 12.4. The van der Waals surface area contributed by atoms with Crippen molar-refractivity contribution in [3.05, 3.63) is 72.9 Å². The minimum absolute atomic E-state index is 0.943. The molecular formula is C22H16N2S. The number of aromatic amines is 1. The lowest BCUT2D eigenvalue weighted by molar-refractivity contribution is 1.35. The van der Waals surface area contributed by atoms with Gasteiger partial charge in [-0.1, -0.05) is 42.5 Å². The smallest absolute Gasteiger partial charge is 0.138 e. The fourth-order valence-corrected chi connectivity index (χ4v) is 4.30. The molecular weight excluding hydrogens is 324 g/mol. The van der Waals surface area contributed by atoms with E-state index in [4.69, 9.17) is 0 Å². The quantitative estimate of drug-likeness (QED) is 0.384. The fourth-order valence-electron chi connectivity index (χ4n) is 3.69. The highest BCUT2D eigenvalue weighted by Gasteiger charge is 2.14. The first-order valence-electron chi connectivity index (χ1n) is 8.28. The summed E-state index contributed by atoms with van der Waals surface area (Å²) in [6, 6.07) is 23.7. The summed E-state index contributed by atoms with van der Waals surface area (Å²) in [4.78, 5) is 9.29. The molecule has 0 unspecified atom stereocenters. The number of pyridine rings is 1. The Labute approximate surface area is 149 Å². The third-order valence-electron chi connectivity index (χ3n) is 4.77. The molecule has 0 aliphatic rings. The van der Waals surface area contributed by atoms with E-state index in [1.165, 1.54) is 37.6 Å². The molecule has 0 saturated carbocycles. The van der Waals surface area contributed by atoms with E-state index in [1.54, 1.807) is 11.8 Å². The van der Waals surface area contributed by atoms with Crippen LogP contribution < -0.4 is 0 Å². The van der Waals surface area contributed by atoms with Gasteiger partial charge in [-0.3, -0.25) is 0 Å². The predicted molar refractivity (Wildman–Crippen MR) is 108 cm³/mol. The zero-order valence-electron chi connectivity index (χ0n) is 13.8. The fraction of sp³-hybridized carbons (Fsp3) is 0.0455. The molecule has 3 aromatic carbocycles. The average molecular weight is 340 g/mol. The van der Waals surface area contributed by atoms with Gasteiger partial charge < -0.3 is 4.98 Å². The van der Waals surface area contributed by atoms with Gasteiger partial charge in [0.15, 0.2) is 0 Å². The molecule has 2 aromatic heterocycles. The summed E-state index contributed by atoms with van der Waals surface area (Å²) in [6.07, 6.45) is 3.97. The van der Waals surface area contributed by atoms with Crippen LogP contribution in [0.5, 0.6) is 0 Å². The van der Waals surface area contributed by atoms with Crippen molar-refractivity contribution in [1.29, 1.82) is 0 Å². The molecule has 0 spiro atoms. The Hall–Kier alpha value is -2.78. The van der Waals surface area contributed by atoms with Gasteiger partial charge in [0.05, 0.1) is 0 Å². The minimum Gasteiger partial charge on any atom is -0.339 e. The maximum atomic E-state index is 4.50. The highest BCUT2D eigenvalue weighted by molar-refractivity contribution is 7.98. The van der Waals surface area contributed by atoms with Gasteiger partial charge in [-0.2, -0.15) is 0 Å². The molecule has 0 saturated heterocycles. The lowest BCUT2D eigenvalue weighted by atomic mass is 9.95. The van der Waals surface area contributed by atoms with Crippen molar-refractivity contribution in [3.8, 4) is 11.1 Å². The summed E-state index contributed by atoms with van der Waals surface area (Å²) in [5.74, 6) is 0. The monoisotopic (exact) mass is 340 g/mol. The van der Waals surface area contributed by atoms with E-state index in [0.29, 0.717) is 0 Å². The number of nitrogens with zero attached hydrogens (tertiary/aromatic N) is 1. The van der Waals surface area contributed by atoms with Crippen LogP contribution in [0, 0.1) is 0 Å². The van der Waals surface area contributed by atoms with Gasteiger partial charge in [0.1, 0.15) is 5.65 Å². The SMILES string of the molecule is CSc1ccccc1-c1cc2[nH]c3ncccc3c2c2ccccc12. The van der Waals surface area contributed by atoms with Gasteiger partial charge in [-0.15, -0.1) is 11.8 Å². The highest BCUT2D eigenvalue weighted by Crippen LogP contribution is 2.40. The molecule has 5 rings (SSSR count). The number of hydrogen-bond acceptors (Lipinski definition) is 2. The number of hydrogen-bond donors (Lipinski definition) is 1. The topological polar surface area (TPSA) is 28.7 Å². The number of H-pyrrole nitrogens is 1. The highest BCUT2D eigenvalue weighted by atomic mass is 32.2. The Bertz CT molecular complexity index is 1240. The van der Waals surface area contributed by atoms with Gasteiger partial charge in [0.2, 0.25) is 0 Å². The molecule has 3 heteroatoms. The predicted octanol–water partition coefficient (Wildman–Crippen LogP) is 6.26. The standard InChI is InChI=1S/C22H16N2S/c1-25-20-11-5-4-8-15(20)18-13-19-21(16-9-3-2-7-14(16)18)17-10-6-12-23-22(17)24-19/h2-13H,1H3,(H,23,24). The van der Waals surface area contributed by atoms with Crippen molar-refractivity contribution in [2.45, 2.75) is 4.90 Å². The molecule has 1 N–H and O–H groups in total. The van der Waals surface area contributed by atoms with Gasteiger partial charge >= 0.3 is 0 Å². The van der Waals surface area contributed by atoms with Crippen LogP contribution in [0.1, 0.15) is 0 Å². The number of aromatic nitrogens is 2. The van der Waals surface area contributed by atoms with Crippen LogP contribution in [0.25, 0.3) is 43.8 Å². The maximum Gasteiger partial charge on any atom is 0.138 e. The minimum atomic E-state index is 0.943. The number of benzene rings is 3. The molecule has 0 bridgehead atoms. The van der Waals surface area contributed by atoms with E-state index in [-0.39, 0.29) is 0 Å². The molecule has 0 radical (unpaired) electrons. The van der Waals surface area contributed by atoms with Gasteiger partial charge in [0.25, 0.3) is 0 Å². The first-order valence-corrected chi connectivity index (χ1v) is 9.51. The van der Waals surface area contributed by atoms with Crippen molar-refractivity contribution in [3.63, 3.8) is 0 Å². The van der Waals surface area contributed by atoms with Crippen molar-refractivity contribution in [2.75, 3.05) is 6.26 Å². The second-order valence-corrected chi connectivity index (χ2v) is 6.97. The summed E-state index contributed by atoms with van der Waals surface area (Å²) >= 11 is 1.79. The van der Waals surface area contributed by atoms with E-state index < -0.39 is 0 Å². The molecule has 0 aliphatic heterocycles. The maximum absolute atomic E-state index is 4.50. The molecule has 0 fully saturated rings. The molecule has 0 atom stereocenters. The Morgan fingerprint density at radius 3 is 2.44 bits per heavy atom. The van der Waals surface area contributed by atoms with Crippen LogP contribution in [0.4, 0.5) is 0 Å². The molecule has 120 valence electrons. The summed E-state index contributed by atoms with van der Waals surface area (Å²) < 4.78 is 0. The Morgan fingerprint density at radius 1 is 0.800 bits per heavy atom. The largest absolute Gasteiger partial charge is 0.339 e. The van der Waals surface area contributed by atoms with Gasteiger partial charge in [-0.25, -0.2) is 4.98 Å². The Morgan fingerprint density at radius 2 is 1.56 bits per heavy atom. The van der Waals surface area contributed by atoms with Crippen molar-refractivity contribution < 1.29 is 0 Å². The van der Waals surface area contributed by atoms with Crippen LogP contribution in [0.15, 0.2) is 77.8 Å². The van der Waals surface area contributed by atoms with E-state index >= 15 is 0 Å². The van der Waals surface area contributed by atoms with Crippen LogP contribution >= 0.6 is 11.8 Å². The van der Waals surface area contributed by atoms with Crippen LogP contribution in [-0.2, 0) is 0 Å². The van der Waals surface area contributed by atoms with Gasteiger partial charge in [-0.05, 0) is 52.4 Å². The second kappa shape index (κ2) is 5.64. The van der Waals surface area contributed by atoms with Crippen molar-refractivity contribution in [2.24, 2.45) is 0 Å². The lowest BCUT2D eigenvalue weighted by Gasteiger charge is -2.12. The molecule has 25 heavy (non-hydrogen) atoms. The Balaban J connectivity index is 1.98. The summed E-state index contributed by atoms with van der Waals surface area (Å²) in [6.45, 7) is 0. The first kappa shape index (κ1) is 14.6. The van der Waals surface area contributed by atoms with E-state index in [2.05, 4.69) is 76.9 Å². The molecule has 2 heterocycles. The molecule has 5 aromatic rings. The van der Waals surface area contributed by atoms with E-state index in [9.17, 15) is 0 Å². The summed E-state index contributed by atoms with van der Waals surface area (Å²) in [5, 5.41) is 4.98. The third-order valence-corrected chi connectivity index (χ3v) is 5.57. The third kappa shape index (κ3) is 2.16. The molecule has 0 aliphatic carbocycles. The van der Waals surface area contributed by atoms with Gasteiger partial charge in [0, 0.05) is 27.4 Å². The molecule has 0 amide bonds. The normalized spacial score (nSPS) is 11.6. The number of fused-ring (bicyclic) bond motifs is 5. The van der Waals surface area contributed by atoms with Crippen LogP contribution in [0.2, 0.25) is 0 Å². The van der Waals surface area contributed by atoms with Crippen LogP contribution in [0.3, 0.4) is 0 Å². The second-order valence-electron chi connectivity index (χ2n) is 6.12. The lowest BCUT2D eigenvalue weighted by Crippen LogP contribution is -1.86. The van der Waals surface area contributed by atoms with E-state index in [0.717, 1.165) is 11.2 Å².